The topological polar surface area (TPSA) is 51.6 Å². The summed E-state index contributed by atoms with van der Waals surface area (Å²) >= 11 is 0. The van der Waals surface area contributed by atoms with Crippen molar-refractivity contribution in [3.05, 3.63) is 132 Å². The molecule has 6 heteroatoms. The van der Waals surface area contributed by atoms with Gasteiger partial charge in [0.1, 0.15) is 16.8 Å². The third-order valence-corrected chi connectivity index (χ3v) is 12.8. The summed E-state index contributed by atoms with van der Waals surface area (Å²) in [6.45, 7) is 0. The van der Waals surface area contributed by atoms with E-state index in [4.69, 9.17) is 19.9 Å². The normalized spacial score (nSPS) is 29.6. The number of hydrogen-bond donors (Lipinski definition) is 0. The van der Waals surface area contributed by atoms with E-state index >= 15 is 0 Å². The summed E-state index contributed by atoms with van der Waals surface area (Å²) in [4.78, 5) is 19.6. The number of rotatable bonds is 7. The van der Waals surface area contributed by atoms with Gasteiger partial charge in [0.15, 0.2) is 0 Å². The minimum Gasteiger partial charge on any atom is -0.240 e. The van der Waals surface area contributed by atoms with Gasteiger partial charge in [-0.05, 0) is 107 Å². The molecule has 4 fully saturated rings. The van der Waals surface area contributed by atoms with Crippen LogP contribution in [0.4, 0.5) is 0 Å². The fraction of sp³-hybridized carbons (Fsp3) is 0.351. The molecule has 43 heavy (non-hydrogen) atoms. The van der Waals surface area contributed by atoms with Crippen molar-refractivity contribution in [1.82, 2.24) is 19.9 Å². The lowest BCUT2D eigenvalue weighted by molar-refractivity contribution is -0.109. The number of hydrogen-bond acceptors (Lipinski definition) is 4. The van der Waals surface area contributed by atoms with Crippen molar-refractivity contribution < 1.29 is 0 Å². The summed E-state index contributed by atoms with van der Waals surface area (Å²) in [6, 6.07) is 25.9. The first-order valence-corrected chi connectivity index (χ1v) is 17.1. The minimum atomic E-state index is -0.786. The molecule has 4 saturated carbocycles. The molecule has 0 spiro atoms. The summed E-state index contributed by atoms with van der Waals surface area (Å²) in [5, 5.41) is -0.786. The first-order valence-electron chi connectivity index (χ1n) is 15.7. The second-order valence-electron chi connectivity index (χ2n) is 13.2. The van der Waals surface area contributed by atoms with E-state index in [1.54, 1.807) is 0 Å². The predicted octanol–water partition coefficient (Wildman–Crippen LogP) is 7.87. The Kier molecular flexibility index (Phi) is 6.92. The first kappa shape index (κ1) is 27.5. The van der Waals surface area contributed by atoms with Crippen LogP contribution in [0.5, 0.6) is 0 Å². The van der Waals surface area contributed by atoms with Gasteiger partial charge in [-0.3, -0.25) is 0 Å². The molecule has 3 unspecified atom stereocenters. The van der Waals surface area contributed by atoms with Gasteiger partial charge >= 0.3 is 0 Å². The second kappa shape index (κ2) is 10.8. The molecule has 2 aromatic heterocycles. The average molecular weight is 601 g/mol. The van der Waals surface area contributed by atoms with Crippen LogP contribution in [0.2, 0.25) is 0 Å². The van der Waals surface area contributed by atoms with Crippen LogP contribution in [0.3, 0.4) is 0 Å². The zero-order valence-corrected chi connectivity index (χ0v) is 26.7. The lowest BCUT2D eigenvalue weighted by Crippen LogP contribution is -2.58. The first-order chi connectivity index (χ1) is 21.1. The number of nitrogens with zero attached hydrogens (tertiary/aromatic N) is 4. The highest BCUT2D eigenvalue weighted by atomic mass is 31.0. The largest absolute Gasteiger partial charge is 0.240 e. The Hall–Kier alpha value is -3.06. The maximum absolute atomic E-state index is 4.91. The Balaban J connectivity index is 1.45. The lowest BCUT2D eigenvalue weighted by Gasteiger charge is -2.64. The SMILES string of the molecule is PCC1(C2C(C(P)(c3ncccn3)c3ncccn3)=CC(c3ccccc3)=C2c2ccccc2)C2CC3CC(C2)CC1C3. The molecule has 5 aliphatic rings. The molecule has 0 saturated heterocycles. The van der Waals surface area contributed by atoms with Gasteiger partial charge < -0.3 is 0 Å². The Morgan fingerprint density at radius 1 is 0.651 bits per heavy atom. The van der Waals surface area contributed by atoms with Gasteiger partial charge in [-0.15, -0.1) is 18.5 Å². The van der Waals surface area contributed by atoms with Crippen LogP contribution >= 0.6 is 18.5 Å². The van der Waals surface area contributed by atoms with Crippen LogP contribution in [0.25, 0.3) is 11.1 Å². The lowest BCUT2D eigenvalue weighted by atomic mass is 9.41. The Labute approximate surface area is 259 Å². The number of benzene rings is 2. The van der Waals surface area contributed by atoms with Gasteiger partial charge in [-0.2, -0.15) is 0 Å². The average Bonchev–Trinajstić information content (AvgIpc) is 3.48. The van der Waals surface area contributed by atoms with E-state index in [2.05, 4.69) is 85.2 Å². The van der Waals surface area contributed by atoms with Gasteiger partial charge in [-0.25, -0.2) is 19.9 Å². The van der Waals surface area contributed by atoms with Gasteiger partial charge in [0.25, 0.3) is 0 Å². The van der Waals surface area contributed by atoms with E-state index in [1.165, 1.54) is 60.0 Å². The van der Waals surface area contributed by atoms with Crippen molar-refractivity contribution >= 4 is 29.6 Å². The molecule has 216 valence electrons. The van der Waals surface area contributed by atoms with Crippen molar-refractivity contribution in [3.63, 3.8) is 0 Å². The molecule has 0 aliphatic heterocycles. The van der Waals surface area contributed by atoms with Crippen LogP contribution < -0.4 is 0 Å². The van der Waals surface area contributed by atoms with Crippen LogP contribution in [0.1, 0.15) is 54.9 Å². The van der Waals surface area contributed by atoms with Gasteiger partial charge in [-0.1, -0.05) is 66.7 Å². The Bertz CT molecular complexity index is 1600. The molecule has 0 N–H and O–H groups in total. The van der Waals surface area contributed by atoms with Crippen molar-refractivity contribution in [2.45, 2.75) is 37.3 Å². The zero-order chi connectivity index (χ0) is 29.0. The fourth-order valence-electron chi connectivity index (χ4n) is 9.67. The molecule has 0 amide bonds. The van der Waals surface area contributed by atoms with Crippen LogP contribution in [0, 0.1) is 35.0 Å². The van der Waals surface area contributed by atoms with Crippen molar-refractivity contribution in [1.29, 1.82) is 0 Å². The van der Waals surface area contributed by atoms with Crippen LogP contribution in [-0.2, 0) is 5.16 Å². The summed E-state index contributed by atoms with van der Waals surface area (Å²) in [5.74, 6) is 4.77. The third kappa shape index (κ3) is 4.24. The zero-order valence-electron chi connectivity index (χ0n) is 24.4. The molecule has 4 nitrogen and oxygen atoms in total. The number of allylic oxidation sites excluding steroid dienone is 4. The summed E-state index contributed by atoms with van der Waals surface area (Å²) in [5.41, 5.74) is 6.71. The molecule has 9 rings (SSSR count). The van der Waals surface area contributed by atoms with E-state index in [1.807, 2.05) is 36.9 Å². The fourth-order valence-corrected chi connectivity index (χ4v) is 11.1. The van der Waals surface area contributed by atoms with E-state index in [9.17, 15) is 0 Å². The summed E-state index contributed by atoms with van der Waals surface area (Å²) in [6.07, 6.45) is 17.8. The van der Waals surface area contributed by atoms with E-state index < -0.39 is 5.16 Å². The van der Waals surface area contributed by atoms with Gasteiger partial charge in [0.05, 0.1) is 0 Å². The molecule has 0 radical (unpaired) electrons. The molecule has 4 aromatic rings. The molecular weight excluding hydrogens is 562 g/mol. The van der Waals surface area contributed by atoms with Gasteiger partial charge in [0, 0.05) is 30.7 Å². The van der Waals surface area contributed by atoms with E-state index in [-0.39, 0.29) is 11.3 Å². The number of aromatic nitrogens is 4. The molecule has 5 aliphatic carbocycles. The van der Waals surface area contributed by atoms with Gasteiger partial charge in [0.2, 0.25) is 0 Å². The highest BCUT2D eigenvalue weighted by molar-refractivity contribution is 7.19. The third-order valence-electron chi connectivity index (χ3n) is 11.2. The quantitative estimate of drug-likeness (QED) is 0.203. The van der Waals surface area contributed by atoms with Crippen LogP contribution in [0.15, 0.2) is 109 Å². The maximum Gasteiger partial charge on any atom is 0.149 e. The highest BCUT2D eigenvalue weighted by Gasteiger charge is 2.63. The van der Waals surface area contributed by atoms with E-state index in [0.29, 0.717) is 11.8 Å². The van der Waals surface area contributed by atoms with Crippen molar-refractivity contribution in [2.75, 3.05) is 6.16 Å². The molecular formula is C37H38N4P2. The molecule has 3 atom stereocenters. The molecule has 2 heterocycles. The second-order valence-corrected chi connectivity index (χ2v) is 14.4. The van der Waals surface area contributed by atoms with Crippen molar-refractivity contribution in [2.24, 2.45) is 35.0 Å². The monoisotopic (exact) mass is 600 g/mol. The molecule has 2 aromatic carbocycles. The smallest absolute Gasteiger partial charge is 0.149 e. The van der Waals surface area contributed by atoms with Crippen LogP contribution in [-0.4, -0.2) is 26.1 Å². The Morgan fingerprint density at radius 3 is 1.63 bits per heavy atom. The predicted molar refractivity (Wildman–Crippen MR) is 180 cm³/mol. The highest BCUT2D eigenvalue weighted by Crippen LogP contribution is 2.71. The van der Waals surface area contributed by atoms with Crippen molar-refractivity contribution in [3.8, 4) is 0 Å². The maximum atomic E-state index is 4.91. The molecule has 4 bridgehead atoms. The summed E-state index contributed by atoms with van der Waals surface area (Å²) in [7, 11) is 6.45. The Morgan fingerprint density at radius 2 is 1.14 bits per heavy atom. The summed E-state index contributed by atoms with van der Waals surface area (Å²) < 4.78 is 0. The standard InChI is InChI=1S/C37H38N4P2/c42-23-36(28-18-24-17-25(20-28)21-29(36)19-24)33-31(37(43,34-38-13-7-14-39-34)35-40-15-8-16-41-35)22-30(26-9-3-1-4-10-26)32(33)27-11-5-2-6-12-27/h1-16,22,24-25,28-29,33H,17-21,23,42-43H2. The van der Waals surface area contributed by atoms with E-state index in [0.717, 1.165) is 29.6 Å². The minimum absolute atomic E-state index is 0.108.